The molecule has 1 fully saturated rings. The summed E-state index contributed by atoms with van der Waals surface area (Å²) in [5.41, 5.74) is 3.04. The molecule has 0 aromatic heterocycles. The van der Waals surface area contributed by atoms with Gasteiger partial charge >= 0.3 is 6.03 Å². The van der Waals surface area contributed by atoms with Gasteiger partial charge in [0.15, 0.2) is 18.1 Å². The van der Waals surface area contributed by atoms with Crippen LogP contribution in [-0.2, 0) is 14.4 Å². The molecule has 0 saturated carbocycles. The van der Waals surface area contributed by atoms with Crippen molar-refractivity contribution in [3.05, 3.63) is 81.9 Å². The number of barbiturate groups is 1. The summed E-state index contributed by atoms with van der Waals surface area (Å²) in [7, 11) is 0. The van der Waals surface area contributed by atoms with E-state index in [1.54, 1.807) is 19.1 Å². The highest BCUT2D eigenvalue weighted by Gasteiger charge is 2.37. The Kier molecular flexibility index (Phi) is 10.0. The number of nitrogens with zero attached hydrogens (tertiary/aromatic N) is 1. The molecule has 1 saturated heterocycles. The topological polar surface area (TPSA) is 123 Å². The lowest BCUT2D eigenvalue weighted by Gasteiger charge is -2.27. The number of carbonyl (C=O) groups excluding carboxylic acids is 4. The number of imide groups is 2. The molecular weight excluding hydrogens is 574 g/mol. The SMILES string of the molecule is CCCOc1ccc(N2C(=O)NC(=O)/C(=C\c3ccc(OCC(=O)Nc4cccc(C)c4C)c(Cl)c3)C2=O)cc1OCC. The van der Waals surface area contributed by atoms with Gasteiger partial charge in [0.1, 0.15) is 11.3 Å². The number of benzene rings is 3. The number of aryl methyl sites for hydroxylation is 1. The van der Waals surface area contributed by atoms with Crippen LogP contribution in [0.25, 0.3) is 6.08 Å². The number of urea groups is 1. The van der Waals surface area contributed by atoms with Crippen LogP contribution < -0.4 is 29.7 Å². The summed E-state index contributed by atoms with van der Waals surface area (Å²) < 4.78 is 16.9. The maximum Gasteiger partial charge on any atom is 0.335 e. The first-order valence-electron chi connectivity index (χ1n) is 13.7. The van der Waals surface area contributed by atoms with Crippen LogP contribution in [-0.4, -0.2) is 43.6 Å². The number of hydrogen-bond acceptors (Lipinski definition) is 7. The molecule has 4 rings (SSSR count). The van der Waals surface area contributed by atoms with E-state index in [0.717, 1.165) is 22.4 Å². The molecule has 1 aliphatic heterocycles. The predicted octanol–water partition coefficient (Wildman–Crippen LogP) is 5.83. The fraction of sp³-hybridized carbons (Fsp3) is 0.250. The van der Waals surface area contributed by atoms with Gasteiger partial charge in [0.05, 0.1) is 23.9 Å². The average Bonchev–Trinajstić information content (AvgIpc) is 2.97. The summed E-state index contributed by atoms with van der Waals surface area (Å²) in [5, 5.41) is 5.18. The van der Waals surface area contributed by atoms with Crippen molar-refractivity contribution in [1.82, 2.24) is 5.32 Å². The minimum Gasteiger partial charge on any atom is -0.490 e. The van der Waals surface area contributed by atoms with Gasteiger partial charge in [-0.05, 0) is 80.3 Å². The van der Waals surface area contributed by atoms with Crippen LogP contribution >= 0.6 is 11.6 Å². The van der Waals surface area contributed by atoms with Crippen molar-refractivity contribution in [3.63, 3.8) is 0 Å². The number of amides is 5. The van der Waals surface area contributed by atoms with Gasteiger partial charge in [-0.3, -0.25) is 19.7 Å². The second-order valence-electron chi connectivity index (χ2n) is 9.64. The number of rotatable bonds is 11. The Hall–Kier alpha value is -4.83. The zero-order valence-electron chi connectivity index (χ0n) is 24.3. The first-order chi connectivity index (χ1) is 20.6. The molecule has 1 aliphatic rings. The molecule has 3 aromatic carbocycles. The number of nitrogens with one attached hydrogen (secondary N) is 2. The fourth-order valence-corrected chi connectivity index (χ4v) is 4.48. The van der Waals surface area contributed by atoms with E-state index in [9.17, 15) is 19.2 Å². The monoisotopic (exact) mass is 605 g/mol. The Labute approximate surface area is 254 Å². The second kappa shape index (κ2) is 13.9. The van der Waals surface area contributed by atoms with Crippen molar-refractivity contribution in [1.29, 1.82) is 0 Å². The van der Waals surface area contributed by atoms with Crippen molar-refractivity contribution in [2.45, 2.75) is 34.1 Å². The summed E-state index contributed by atoms with van der Waals surface area (Å²) in [6, 6.07) is 14.0. The molecule has 43 heavy (non-hydrogen) atoms. The molecule has 10 nitrogen and oxygen atoms in total. The van der Waals surface area contributed by atoms with Crippen LogP contribution in [0.1, 0.15) is 37.0 Å². The van der Waals surface area contributed by atoms with E-state index in [4.69, 9.17) is 25.8 Å². The van der Waals surface area contributed by atoms with Gasteiger partial charge in [-0.15, -0.1) is 0 Å². The maximum atomic E-state index is 13.4. The standard InChI is InChI=1S/C32H32ClN3O7/c1-5-14-42-27-13-11-22(17-28(27)41-6-2)36-31(39)23(30(38)35-32(36)40)15-21-10-12-26(24(33)16-21)43-18-29(37)34-25-9-7-8-19(3)20(25)4/h7-13,15-17H,5-6,14,18H2,1-4H3,(H,34,37)(H,35,38,40)/b23-15+. The Morgan fingerprint density at radius 2 is 1.72 bits per heavy atom. The smallest absolute Gasteiger partial charge is 0.335 e. The average molecular weight is 606 g/mol. The summed E-state index contributed by atoms with van der Waals surface area (Å²) in [5.74, 6) is -0.949. The van der Waals surface area contributed by atoms with Crippen LogP contribution in [0.15, 0.2) is 60.2 Å². The molecule has 0 aliphatic carbocycles. The Morgan fingerprint density at radius 3 is 2.44 bits per heavy atom. The number of carbonyl (C=O) groups is 4. The van der Waals surface area contributed by atoms with Crippen LogP contribution in [0.5, 0.6) is 17.2 Å². The van der Waals surface area contributed by atoms with Crippen molar-refractivity contribution in [2.75, 3.05) is 30.0 Å². The first-order valence-corrected chi connectivity index (χ1v) is 14.1. The van der Waals surface area contributed by atoms with Crippen molar-refractivity contribution in [3.8, 4) is 17.2 Å². The number of anilines is 2. The fourth-order valence-electron chi connectivity index (χ4n) is 4.23. The van der Waals surface area contributed by atoms with E-state index in [2.05, 4.69) is 10.6 Å². The van der Waals surface area contributed by atoms with Crippen LogP contribution in [0, 0.1) is 13.8 Å². The summed E-state index contributed by atoms with van der Waals surface area (Å²) in [4.78, 5) is 52.1. The molecule has 1 heterocycles. The van der Waals surface area contributed by atoms with Gasteiger partial charge in [0.2, 0.25) is 0 Å². The van der Waals surface area contributed by atoms with Gasteiger partial charge in [0, 0.05) is 11.8 Å². The minimum absolute atomic E-state index is 0.162. The maximum absolute atomic E-state index is 13.4. The van der Waals surface area contributed by atoms with Crippen LogP contribution in [0.3, 0.4) is 0 Å². The van der Waals surface area contributed by atoms with E-state index in [1.165, 1.54) is 30.3 Å². The number of halogens is 1. The van der Waals surface area contributed by atoms with Crippen LogP contribution in [0.2, 0.25) is 5.02 Å². The van der Waals surface area contributed by atoms with Gasteiger partial charge < -0.3 is 19.5 Å². The summed E-state index contributed by atoms with van der Waals surface area (Å²) >= 11 is 6.39. The highest BCUT2D eigenvalue weighted by molar-refractivity contribution is 6.39. The quantitative estimate of drug-likeness (QED) is 0.208. The normalized spacial score (nSPS) is 14.0. The Bertz CT molecular complexity index is 1600. The minimum atomic E-state index is -0.891. The van der Waals surface area contributed by atoms with Gasteiger partial charge in [-0.25, -0.2) is 9.69 Å². The van der Waals surface area contributed by atoms with Gasteiger partial charge in [0.25, 0.3) is 17.7 Å². The predicted molar refractivity (Wildman–Crippen MR) is 164 cm³/mol. The molecule has 0 unspecified atom stereocenters. The largest absolute Gasteiger partial charge is 0.490 e. The Balaban J connectivity index is 1.50. The van der Waals surface area contributed by atoms with E-state index in [-0.39, 0.29) is 34.5 Å². The van der Waals surface area contributed by atoms with E-state index < -0.39 is 17.8 Å². The molecule has 0 bridgehead atoms. The van der Waals surface area contributed by atoms with E-state index in [0.29, 0.717) is 36.0 Å². The highest BCUT2D eigenvalue weighted by atomic mass is 35.5. The lowest BCUT2D eigenvalue weighted by molar-refractivity contribution is -0.122. The first kappa shape index (κ1) is 31.1. The van der Waals surface area contributed by atoms with Crippen molar-refractivity contribution in [2.24, 2.45) is 0 Å². The zero-order chi connectivity index (χ0) is 31.1. The van der Waals surface area contributed by atoms with Gasteiger partial charge in [-0.1, -0.05) is 36.7 Å². The van der Waals surface area contributed by atoms with E-state index >= 15 is 0 Å². The lowest BCUT2D eigenvalue weighted by atomic mass is 10.1. The third-order valence-electron chi connectivity index (χ3n) is 6.55. The summed E-state index contributed by atoms with van der Waals surface area (Å²) in [6.07, 6.45) is 2.11. The lowest BCUT2D eigenvalue weighted by Crippen LogP contribution is -2.54. The van der Waals surface area contributed by atoms with Crippen molar-refractivity contribution >= 4 is 52.8 Å². The van der Waals surface area contributed by atoms with Crippen LogP contribution in [0.4, 0.5) is 16.2 Å². The number of hydrogen-bond donors (Lipinski definition) is 2. The molecule has 11 heteroatoms. The van der Waals surface area contributed by atoms with E-state index in [1.807, 2.05) is 39.0 Å². The molecule has 224 valence electrons. The third-order valence-corrected chi connectivity index (χ3v) is 6.85. The zero-order valence-corrected chi connectivity index (χ0v) is 25.0. The molecule has 0 atom stereocenters. The molecular formula is C32H32ClN3O7. The summed E-state index contributed by atoms with van der Waals surface area (Å²) in [6.45, 7) is 8.17. The van der Waals surface area contributed by atoms with Gasteiger partial charge in [-0.2, -0.15) is 0 Å². The molecule has 3 aromatic rings. The second-order valence-corrected chi connectivity index (χ2v) is 10.1. The third kappa shape index (κ3) is 7.34. The molecule has 5 amide bonds. The number of ether oxygens (including phenoxy) is 3. The Morgan fingerprint density at radius 1 is 0.953 bits per heavy atom. The molecule has 0 radical (unpaired) electrons. The van der Waals surface area contributed by atoms with Crippen molar-refractivity contribution < 1.29 is 33.4 Å². The molecule has 2 N–H and O–H groups in total. The highest BCUT2D eigenvalue weighted by Crippen LogP contribution is 2.34. The molecule has 0 spiro atoms.